The first-order valence-electron chi connectivity index (χ1n) is 5.71. The average molecular weight is 263 g/mol. The normalized spacial score (nSPS) is 18.8. The van der Waals surface area contributed by atoms with E-state index in [0.717, 1.165) is 0 Å². The molecule has 1 aromatic carbocycles. The largest absolute Gasteiger partial charge is 0.478 e. The number of nitrogen functional groups attached to an aromatic ring is 1. The van der Waals surface area contributed by atoms with Gasteiger partial charge >= 0.3 is 5.97 Å². The number of anilines is 2. The van der Waals surface area contributed by atoms with Crippen molar-refractivity contribution in [1.82, 2.24) is 5.32 Å². The Hall–Kier alpha value is -2.57. The maximum Gasteiger partial charge on any atom is 0.337 e. The summed E-state index contributed by atoms with van der Waals surface area (Å²) in [5, 5.41) is 14.1. The fourth-order valence-corrected chi connectivity index (χ4v) is 1.91. The van der Waals surface area contributed by atoms with E-state index in [4.69, 9.17) is 10.8 Å². The molecule has 7 heteroatoms. The van der Waals surface area contributed by atoms with Crippen LogP contribution in [-0.2, 0) is 9.59 Å². The number of carboxylic acids is 1. The molecule has 100 valence electrons. The minimum Gasteiger partial charge on any atom is -0.478 e. The third-order valence-corrected chi connectivity index (χ3v) is 2.88. The van der Waals surface area contributed by atoms with Gasteiger partial charge in [-0.2, -0.15) is 0 Å². The predicted octanol–water partition coefficient (Wildman–Crippen LogP) is 0.184. The van der Waals surface area contributed by atoms with Crippen molar-refractivity contribution < 1.29 is 19.5 Å². The van der Waals surface area contributed by atoms with Crippen molar-refractivity contribution in [2.45, 2.75) is 18.9 Å². The number of benzene rings is 1. The average Bonchev–Trinajstić information content (AvgIpc) is 2.34. The van der Waals surface area contributed by atoms with Gasteiger partial charge in [-0.25, -0.2) is 4.79 Å². The zero-order valence-electron chi connectivity index (χ0n) is 9.97. The highest BCUT2D eigenvalue weighted by Crippen LogP contribution is 2.25. The van der Waals surface area contributed by atoms with Crippen LogP contribution in [0.4, 0.5) is 11.4 Å². The Labute approximate surface area is 108 Å². The summed E-state index contributed by atoms with van der Waals surface area (Å²) in [6.07, 6.45) is 0.511. The fourth-order valence-electron chi connectivity index (χ4n) is 1.91. The highest BCUT2D eigenvalue weighted by atomic mass is 16.4. The third-order valence-electron chi connectivity index (χ3n) is 2.88. The van der Waals surface area contributed by atoms with Gasteiger partial charge in [0.25, 0.3) is 0 Å². The molecule has 0 saturated carbocycles. The molecule has 1 saturated heterocycles. The maximum absolute atomic E-state index is 11.6. The van der Waals surface area contributed by atoms with Crippen molar-refractivity contribution in [3.8, 4) is 0 Å². The highest BCUT2D eigenvalue weighted by Gasteiger charge is 2.28. The van der Waals surface area contributed by atoms with Crippen LogP contribution in [0, 0.1) is 0 Å². The van der Waals surface area contributed by atoms with Crippen LogP contribution in [0.1, 0.15) is 23.2 Å². The van der Waals surface area contributed by atoms with E-state index in [1.54, 1.807) is 6.07 Å². The number of carboxylic acid groups (broad SMARTS) is 1. The SMILES string of the molecule is Nc1cccc(C(=O)O)c1NC1CCC(=O)NC1=O. The first-order valence-corrected chi connectivity index (χ1v) is 5.71. The number of aromatic carboxylic acids is 1. The summed E-state index contributed by atoms with van der Waals surface area (Å²) < 4.78 is 0. The summed E-state index contributed by atoms with van der Waals surface area (Å²) in [7, 11) is 0. The maximum atomic E-state index is 11.6. The Morgan fingerprint density at radius 3 is 2.79 bits per heavy atom. The van der Waals surface area contributed by atoms with E-state index < -0.39 is 17.9 Å². The molecule has 19 heavy (non-hydrogen) atoms. The second kappa shape index (κ2) is 4.97. The van der Waals surface area contributed by atoms with Crippen LogP contribution in [0.25, 0.3) is 0 Å². The number of piperidine rings is 1. The van der Waals surface area contributed by atoms with Gasteiger partial charge < -0.3 is 16.2 Å². The fraction of sp³-hybridized carbons (Fsp3) is 0.250. The lowest BCUT2D eigenvalue weighted by Gasteiger charge is -2.24. The van der Waals surface area contributed by atoms with Crippen molar-refractivity contribution in [3.63, 3.8) is 0 Å². The van der Waals surface area contributed by atoms with E-state index in [1.807, 2.05) is 0 Å². The van der Waals surface area contributed by atoms with Crippen LogP contribution >= 0.6 is 0 Å². The quantitative estimate of drug-likeness (QED) is 0.456. The van der Waals surface area contributed by atoms with Gasteiger partial charge in [0.15, 0.2) is 0 Å². The van der Waals surface area contributed by atoms with Crippen molar-refractivity contribution >= 4 is 29.2 Å². The number of amides is 2. The van der Waals surface area contributed by atoms with Gasteiger partial charge in [-0.05, 0) is 18.6 Å². The van der Waals surface area contributed by atoms with Gasteiger partial charge in [0.05, 0.1) is 16.9 Å². The van der Waals surface area contributed by atoms with Gasteiger partial charge in [-0.3, -0.25) is 14.9 Å². The van der Waals surface area contributed by atoms with Crippen molar-refractivity contribution in [3.05, 3.63) is 23.8 Å². The predicted molar refractivity (Wildman–Crippen MR) is 67.6 cm³/mol. The van der Waals surface area contributed by atoms with E-state index in [2.05, 4.69) is 10.6 Å². The molecular weight excluding hydrogens is 250 g/mol. The summed E-state index contributed by atoms with van der Waals surface area (Å²) in [6, 6.07) is 3.79. The van der Waals surface area contributed by atoms with Gasteiger partial charge in [0, 0.05) is 6.42 Å². The number of imide groups is 1. The summed E-state index contributed by atoms with van der Waals surface area (Å²) in [5.74, 6) is -1.94. The Morgan fingerprint density at radius 1 is 1.42 bits per heavy atom. The molecule has 1 heterocycles. The molecule has 1 unspecified atom stereocenters. The van der Waals surface area contributed by atoms with Crippen LogP contribution in [0.3, 0.4) is 0 Å². The van der Waals surface area contributed by atoms with Crippen LogP contribution < -0.4 is 16.4 Å². The second-order valence-electron chi connectivity index (χ2n) is 4.22. The Bertz CT molecular complexity index is 556. The third kappa shape index (κ3) is 2.65. The second-order valence-corrected chi connectivity index (χ2v) is 4.22. The van der Waals surface area contributed by atoms with E-state index in [-0.39, 0.29) is 29.3 Å². The number of hydrogen-bond acceptors (Lipinski definition) is 5. The number of carbonyl (C=O) groups excluding carboxylic acids is 2. The molecular formula is C12H13N3O4. The van der Waals surface area contributed by atoms with Crippen molar-refractivity contribution in [2.24, 2.45) is 0 Å². The number of hydrogen-bond donors (Lipinski definition) is 4. The lowest BCUT2D eigenvalue weighted by molar-refractivity contribution is -0.133. The number of nitrogens with one attached hydrogen (secondary N) is 2. The molecule has 7 nitrogen and oxygen atoms in total. The Balaban J connectivity index is 2.26. The zero-order valence-corrected chi connectivity index (χ0v) is 9.97. The number of para-hydroxylation sites is 1. The molecule has 0 bridgehead atoms. The summed E-state index contributed by atoms with van der Waals surface area (Å²) in [4.78, 5) is 33.8. The first-order chi connectivity index (χ1) is 8.99. The topological polar surface area (TPSA) is 122 Å². The molecule has 0 radical (unpaired) electrons. The molecule has 0 aliphatic carbocycles. The van der Waals surface area contributed by atoms with Crippen LogP contribution in [0.2, 0.25) is 0 Å². The lowest BCUT2D eigenvalue weighted by Crippen LogP contribution is -2.47. The van der Waals surface area contributed by atoms with E-state index in [0.29, 0.717) is 6.42 Å². The minimum atomic E-state index is -1.14. The first kappa shape index (κ1) is 12.9. The molecule has 2 rings (SSSR count). The van der Waals surface area contributed by atoms with Crippen LogP contribution in [0.15, 0.2) is 18.2 Å². The molecule has 1 aromatic rings. The number of carbonyl (C=O) groups is 3. The molecule has 0 aromatic heterocycles. The van der Waals surface area contributed by atoms with Gasteiger partial charge in [-0.1, -0.05) is 6.07 Å². The monoisotopic (exact) mass is 263 g/mol. The van der Waals surface area contributed by atoms with Gasteiger partial charge in [-0.15, -0.1) is 0 Å². The molecule has 1 aliphatic heterocycles. The highest BCUT2D eigenvalue weighted by molar-refractivity contribution is 6.03. The molecule has 1 aliphatic rings. The van der Waals surface area contributed by atoms with Gasteiger partial charge in [0.2, 0.25) is 11.8 Å². The summed E-state index contributed by atoms with van der Waals surface area (Å²) in [5.41, 5.74) is 6.15. The molecule has 2 amide bonds. The van der Waals surface area contributed by atoms with Crippen molar-refractivity contribution in [1.29, 1.82) is 0 Å². The van der Waals surface area contributed by atoms with E-state index >= 15 is 0 Å². The zero-order chi connectivity index (χ0) is 14.0. The van der Waals surface area contributed by atoms with Crippen LogP contribution in [0.5, 0.6) is 0 Å². The number of rotatable bonds is 3. The van der Waals surface area contributed by atoms with Crippen LogP contribution in [-0.4, -0.2) is 28.9 Å². The molecule has 1 atom stereocenters. The summed E-state index contributed by atoms with van der Waals surface area (Å²) in [6.45, 7) is 0. The standard InChI is InChI=1S/C12H13N3O4/c13-7-3-1-2-6(12(18)19)10(7)14-8-4-5-9(16)15-11(8)17/h1-3,8,14H,4-5,13H2,(H,18,19)(H,15,16,17). The minimum absolute atomic E-state index is 0.00954. The van der Waals surface area contributed by atoms with Gasteiger partial charge in [0.1, 0.15) is 6.04 Å². The molecule has 1 fully saturated rings. The number of nitrogens with two attached hydrogens (primary N) is 1. The molecule has 5 N–H and O–H groups in total. The Kier molecular flexibility index (Phi) is 3.37. The smallest absolute Gasteiger partial charge is 0.337 e. The lowest BCUT2D eigenvalue weighted by atomic mass is 10.0. The Morgan fingerprint density at radius 2 is 2.16 bits per heavy atom. The van der Waals surface area contributed by atoms with Crippen molar-refractivity contribution in [2.75, 3.05) is 11.1 Å². The molecule has 0 spiro atoms. The van der Waals surface area contributed by atoms with E-state index in [1.165, 1.54) is 12.1 Å². The summed E-state index contributed by atoms with van der Waals surface area (Å²) >= 11 is 0. The van der Waals surface area contributed by atoms with E-state index in [9.17, 15) is 14.4 Å².